The largest absolute Gasteiger partial charge is 0.347 e. The summed E-state index contributed by atoms with van der Waals surface area (Å²) in [4.78, 5) is 0.391. The number of ether oxygens (including phenoxy) is 2. The van der Waals surface area contributed by atoms with Crippen molar-refractivity contribution in [1.82, 2.24) is 0 Å². The molecule has 5 heteroatoms. The highest BCUT2D eigenvalue weighted by Crippen LogP contribution is 2.63. The standard InChI is InChI=1S/C18H26O4S/c1-3-4-10-18(21-13-14-22-18)17(11-12-17)15(2)23(19,20)16-8-6-5-7-9-16/h5-9,15H,3-4,10-14H2,1-2H3. The van der Waals surface area contributed by atoms with Crippen LogP contribution in [-0.4, -0.2) is 32.7 Å². The molecule has 1 aliphatic carbocycles. The Balaban J connectivity index is 1.93. The van der Waals surface area contributed by atoms with E-state index in [1.807, 2.05) is 13.0 Å². The van der Waals surface area contributed by atoms with Crippen LogP contribution >= 0.6 is 0 Å². The van der Waals surface area contributed by atoms with Gasteiger partial charge in [-0.1, -0.05) is 31.5 Å². The molecule has 2 fully saturated rings. The van der Waals surface area contributed by atoms with Crippen molar-refractivity contribution in [2.75, 3.05) is 13.2 Å². The van der Waals surface area contributed by atoms with Gasteiger partial charge in [0.1, 0.15) is 0 Å². The zero-order valence-corrected chi connectivity index (χ0v) is 14.8. The second-order valence-electron chi connectivity index (χ2n) is 6.71. The summed E-state index contributed by atoms with van der Waals surface area (Å²) in [5.74, 6) is -0.718. The molecule has 1 unspecified atom stereocenters. The number of rotatable bonds is 7. The summed E-state index contributed by atoms with van der Waals surface area (Å²) in [6.07, 6.45) is 4.51. The van der Waals surface area contributed by atoms with Gasteiger partial charge in [-0.2, -0.15) is 0 Å². The van der Waals surface area contributed by atoms with Crippen LogP contribution in [0.15, 0.2) is 35.2 Å². The molecular formula is C18H26O4S. The van der Waals surface area contributed by atoms with Crippen LogP contribution in [0.2, 0.25) is 0 Å². The van der Waals surface area contributed by atoms with E-state index in [-0.39, 0.29) is 0 Å². The van der Waals surface area contributed by atoms with Crippen molar-refractivity contribution in [3.05, 3.63) is 30.3 Å². The van der Waals surface area contributed by atoms with Crippen molar-refractivity contribution < 1.29 is 17.9 Å². The lowest BCUT2D eigenvalue weighted by molar-refractivity contribution is -0.211. The minimum atomic E-state index is -3.39. The minimum absolute atomic E-state index is 0.391. The number of hydrogen-bond donors (Lipinski definition) is 0. The molecule has 23 heavy (non-hydrogen) atoms. The molecule has 1 aromatic rings. The third-order valence-electron chi connectivity index (χ3n) is 5.48. The summed E-state index contributed by atoms with van der Waals surface area (Å²) in [6, 6.07) is 8.74. The fourth-order valence-corrected chi connectivity index (χ4v) is 5.84. The van der Waals surface area contributed by atoms with E-state index in [2.05, 4.69) is 6.92 Å². The number of unbranched alkanes of at least 4 members (excludes halogenated alkanes) is 1. The lowest BCUT2D eigenvalue weighted by Gasteiger charge is -2.39. The first kappa shape index (κ1) is 16.9. The maximum absolute atomic E-state index is 13.1. The molecule has 0 N–H and O–H groups in total. The summed E-state index contributed by atoms with van der Waals surface area (Å²) in [5, 5.41) is -0.507. The maximum atomic E-state index is 13.1. The van der Waals surface area contributed by atoms with Crippen LogP contribution in [0.4, 0.5) is 0 Å². The van der Waals surface area contributed by atoms with Crippen molar-refractivity contribution in [1.29, 1.82) is 0 Å². The summed E-state index contributed by atoms with van der Waals surface area (Å²) in [5.41, 5.74) is -0.409. The fourth-order valence-electron chi connectivity index (χ4n) is 3.89. The molecule has 1 saturated carbocycles. The van der Waals surface area contributed by atoms with Gasteiger partial charge in [0.2, 0.25) is 0 Å². The van der Waals surface area contributed by atoms with Crippen molar-refractivity contribution in [2.24, 2.45) is 5.41 Å². The van der Waals surface area contributed by atoms with E-state index in [0.29, 0.717) is 18.1 Å². The van der Waals surface area contributed by atoms with Crippen LogP contribution in [0.3, 0.4) is 0 Å². The van der Waals surface area contributed by atoms with E-state index in [4.69, 9.17) is 9.47 Å². The van der Waals surface area contributed by atoms with Gasteiger partial charge in [-0.05, 0) is 38.3 Å². The van der Waals surface area contributed by atoms with Crippen molar-refractivity contribution in [3.63, 3.8) is 0 Å². The molecule has 128 valence electrons. The average molecular weight is 338 g/mol. The van der Waals surface area contributed by atoms with E-state index in [1.165, 1.54) is 0 Å². The smallest absolute Gasteiger partial charge is 0.181 e. The van der Waals surface area contributed by atoms with Gasteiger partial charge < -0.3 is 9.47 Å². The highest BCUT2D eigenvalue weighted by atomic mass is 32.2. The van der Waals surface area contributed by atoms with Gasteiger partial charge >= 0.3 is 0 Å². The summed E-state index contributed by atoms with van der Waals surface area (Å²) in [6.45, 7) is 5.08. The molecule has 0 spiro atoms. The molecule has 1 aliphatic heterocycles. The molecule has 0 bridgehead atoms. The Morgan fingerprint density at radius 3 is 2.26 bits per heavy atom. The van der Waals surface area contributed by atoms with Gasteiger partial charge in [0.15, 0.2) is 15.6 Å². The van der Waals surface area contributed by atoms with Crippen LogP contribution in [0.1, 0.15) is 46.0 Å². The third kappa shape index (κ3) is 2.73. The molecule has 1 aromatic carbocycles. The first-order valence-corrected chi connectivity index (χ1v) is 10.1. The normalized spacial score (nSPS) is 23.6. The van der Waals surface area contributed by atoms with Crippen LogP contribution in [0.25, 0.3) is 0 Å². The van der Waals surface area contributed by atoms with Crippen LogP contribution < -0.4 is 0 Å². The van der Waals surface area contributed by atoms with Crippen LogP contribution in [-0.2, 0) is 19.3 Å². The highest BCUT2D eigenvalue weighted by Gasteiger charge is 2.67. The van der Waals surface area contributed by atoms with Crippen LogP contribution in [0.5, 0.6) is 0 Å². The van der Waals surface area contributed by atoms with E-state index in [0.717, 1.165) is 32.1 Å². The summed E-state index contributed by atoms with van der Waals surface area (Å²) >= 11 is 0. The first-order chi connectivity index (χ1) is 11.0. The Hall–Kier alpha value is -0.910. The van der Waals surface area contributed by atoms with E-state index in [1.54, 1.807) is 24.3 Å². The number of sulfone groups is 1. The lowest BCUT2D eigenvalue weighted by atomic mass is 9.87. The topological polar surface area (TPSA) is 52.6 Å². The van der Waals surface area contributed by atoms with Gasteiger partial charge in [-0.15, -0.1) is 0 Å². The number of hydrogen-bond acceptors (Lipinski definition) is 4. The van der Waals surface area contributed by atoms with Gasteiger partial charge in [0.05, 0.1) is 23.4 Å². The van der Waals surface area contributed by atoms with Crippen molar-refractivity contribution in [2.45, 2.75) is 61.9 Å². The molecular weight excluding hydrogens is 312 g/mol. The third-order valence-corrected chi connectivity index (χ3v) is 7.79. The molecule has 2 aliphatic rings. The Morgan fingerprint density at radius 2 is 1.74 bits per heavy atom. The van der Waals surface area contributed by atoms with E-state index in [9.17, 15) is 8.42 Å². The molecule has 4 nitrogen and oxygen atoms in total. The maximum Gasteiger partial charge on any atom is 0.181 e. The van der Waals surface area contributed by atoms with Crippen molar-refractivity contribution >= 4 is 9.84 Å². The molecule has 1 atom stereocenters. The van der Waals surface area contributed by atoms with Crippen LogP contribution in [0, 0.1) is 5.41 Å². The quantitative estimate of drug-likeness (QED) is 0.763. The number of benzene rings is 1. The molecule has 0 amide bonds. The lowest BCUT2D eigenvalue weighted by Crippen LogP contribution is -2.49. The monoisotopic (exact) mass is 338 g/mol. The Kier molecular flexibility index (Phi) is 4.55. The van der Waals surface area contributed by atoms with Gasteiger partial charge in [-0.3, -0.25) is 0 Å². The SMILES string of the molecule is CCCCC1(C2(C(C)S(=O)(=O)c3ccccc3)CC2)OCCO1. The predicted molar refractivity (Wildman–Crippen MR) is 88.9 cm³/mol. The van der Waals surface area contributed by atoms with Crippen molar-refractivity contribution in [3.8, 4) is 0 Å². The predicted octanol–water partition coefficient (Wildman–Crippen LogP) is 3.56. The Labute approximate surface area is 139 Å². The highest BCUT2D eigenvalue weighted by molar-refractivity contribution is 7.92. The average Bonchev–Trinajstić information content (AvgIpc) is 3.25. The molecule has 3 rings (SSSR count). The molecule has 1 heterocycles. The molecule has 0 radical (unpaired) electrons. The van der Waals surface area contributed by atoms with E-state index >= 15 is 0 Å². The summed E-state index contributed by atoms with van der Waals surface area (Å²) < 4.78 is 38.2. The molecule has 0 aromatic heterocycles. The fraction of sp³-hybridized carbons (Fsp3) is 0.667. The summed E-state index contributed by atoms with van der Waals surface area (Å²) in [7, 11) is -3.39. The Morgan fingerprint density at radius 1 is 1.13 bits per heavy atom. The second kappa shape index (κ2) is 6.19. The minimum Gasteiger partial charge on any atom is -0.347 e. The Bertz CT molecular complexity index is 628. The second-order valence-corrected chi connectivity index (χ2v) is 8.98. The van der Waals surface area contributed by atoms with Gasteiger partial charge in [0, 0.05) is 11.8 Å². The zero-order valence-electron chi connectivity index (χ0n) is 14.0. The van der Waals surface area contributed by atoms with Gasteiger partial charge in [-0.25, -0.2) is 8.42 Å². The molecule has 1 saturated heterocycles. The van der Waals surface area contributed by atoms with Gasteiger partial charge in [0.25, 0.3) is 0 Å². The zero-order chi connectivity index (χ0) is 16.6. The van der Waals surface area contributed by atoms with E-state index < -0.39 is 26.3 Å². The first-order valence-electron chi connectivity index (χ1n) is 8.55.